The topological polar surface area (TPSA) is 15.3 Å². The van der Waals surface area contributed by atoms with Crippen LogP contribution in [0.25, 0.3) is 0 Å². The zero-order chi connectivity index (χ0) is 19.0. The van der Waals surface area contributed by atoms with E-state index in [1.165, 1.54) is 12.0 Å². The standard InChI is InChI=1S/C19H34N2S.C2H6/c1-8-9-10-11-12-17(4)18(5)15-19(6)21(16(2)3)14-13-20-22-7;1-2/h8-9,11-12,16,18-20H,1,13-15H2,2-7H3;1-2H3/b17-12+;. The Bertz CT molecular complexity index is 393. The molecule has 0 aromatic heterocycles. The van der Waals surface area contributed by atoms with Crippen LogP contribution in [0.5, 0.6) is 0 Å². The maximum Gasteiger partial charge on any atom is 0.0187 e. The first-order chi connectivity index (χ1) is 11.4. The van der Waals surface area contributed by atoms with Gasteiger partial charge in [-0.05, 0) is 58.4 Å². The number of nitrogens with zero attached hydrogens (tertiary/aromatic N) is 1. The third kappa shape index (κ3) is 12.7. The van der Waals surface area contributed by atoms with E-state index in [0.29, 0.717) is 18.0 Å². The molecule has 0 bridgehead atoms. The van der Waals surface area contributed by atoms with Crippen molar-refractivity contribution in [2.45, 2.75) is 67.0 Å². The molecule has 0 saturated carbocycles. The van der Waals surface area contributed by atoms with Gasteiger partial charge in [-0.3, -0.25) is 9.62 Å². The van der Waals surface area contributed by atoms with Crippen LogP contribution in [0.15, 0.2) is 42.2 Å². The van der Waals surface area contributed by atoms with Crippen LogP contribution in [0, 0.1) is 5.92 Å². The summed E-state index contributed by atoms with van der Waals surface area (Å²) in [5.41, 5.74) is 4.49. The Morgan fingerprint density at radius 3 is 2.33 bits per heavy atom. The first-order valence-electron chi connectivity index (χ1n) is 9.15. The Kier molecular flexibility index (Phi) is 18.2. The Labute approximate surface area is 156 Å². The minimum absolute atomic E-state index is 0.575. The number of hydrogen-bond donors (Lipinski definition) is 1. The van der Waals surface area contributed by atoms with Crippen LogP contribution < -0.4 is 4.72 Å². The Morgan fingerprint density at radius 1 is 1.21 bits per heavy atom. The summed E-state index contributed by atoms with van der Waals surface area (Å²) in [7, 11) is 0. The first kappa shape index (κ1) is 25.5. The van der Waals surface area contributed by atoms with Crippen molar-refractivity contribution in [3.63, 3.8) is 0 Å². The van der Waals surface area contributed by atoms with Gasteiger partial charge in [0.05, 0.1) is 0 Å². The van der Waals surface area contributed by atoms with Crippen LogP contribution in [-0.2, 0) is 0 Å². The average Bonchev–Trinajstić information content (AvgIpc) is 2.56. The molecule has 2 atom stereocenters. The van der Waals surface area contributed by atoms with E-state index in [4.69, 9.17) is 0 Å². The summed E-state index contributed by atoms with van der Waals surface area (Å²) >= 11 is 1.69. The molecule has 0 radical (unpaired) electrons. The predicted octanol–water partition coefficient (Wildman–Crippen LogP) is 5.85. The van der Waals surface area contributed by atoms with Gasteiger partial charge in [0, 0.05) is 25.2 Å². The first-order valence-corrected chi connectivity index (χ1v) is 10.4. The lowest BCUT2D eigenvalue weighted by molar-refractivity contribution is 0.151. The summed E-state index contributed by atoms with van der Waals surface area (Å²) in [6, 6.07) is 1.15. The van der Waals surface area contributed by atoms with Gasteiger partial charge in [0.25, 0.3) is 0 Å². The molecule has 24 heavy (non-hydrogen) atoms. The van der Waals surface area contributed by atoms with Crippen LogP contribution in [0.1, 0.15) is 54.9 Å². The lowest BCUT2D eigenvalue weighted by atomic mass is 9.94. The summed E-state index contributed by atoms with van der Waals surface area (Å²) in [5, 5.41) is 0. The summed E-state index contributed by atoms with van der Waals surface area (Å²) in [4.78, 5) is 2.58. The molecular weight excluding hydrogens is 312 g/mol. The lowest BCUT2D eigenvalue weighted by Crippen LogP contribution is -2.42. The van der Waals surface area contributed by atoms with Crippen molar-refractivity contribution in [2.24, 2.45) is 5.92 Å². The van der Waals surface area contributed by atoms with Crippen LogP contribution in [0.4, 0.5) is 0 Å². The van der Waals surface area contributed by atoms with E-state index >= 15 is 0 Å². The highest BCUT2D eigenvalue weighted by Crippen LogP contribution is 2.20. The van der Waals surface area contributed by atoms with Crippen LogP contribution in [-0.4, -0.2) is 36.3 Å². The molecule has 0 aromatic rings. The normalized spacial score (nSPS) is 13.7. The molecule has 2 unspecified atom stereocenters. The molecule has 1 N–H and O–H groups in total. The summed E-state index contributed by atoms with van der Waals surface area (Å²) < 4.78 is 3.34. The Hall–Kier alpha value is -0.730. The smallest absolute Gasteiger partial charge is 0.0187 e. The molecular formula is C21H40N2S. The Balaban J connectivity index is 0. The van der Waals surface area contributed by atoms with E-state index in [0.717, 1.165) is 13.1 Å². The average molecular weight is 353 g/mol. The van der Waals surface area contributed by atoms with Crippen LogP contribution in [0.2, 0.25) is 0 Å². The zero-order valence-electron chi connectivity index (χ0n) is 17.2. The van der Waals surface area contributed by atoms with Gasteiger partial charge in [0.2, 0.25) is 0 Å². The molecule has 0 aliphatic carbocycles. The summed E-state index contributed by atoms with van der Waals surface area (Å²) in [6.45, 7) is 21.2. The van der Waals surface area contributed by atoms with E-state index < -0.39 is 0 Å². The molecule has 0 aliphatic heterocycles. The SMILES string of the molecule is C=CC=C=C/C=C(\C)C(C)CC(C)N(CCNSC)C(C)C.CC. The van der Waals surface area contributed by atoms with Crippen molar-refractivity contribution >= 4 is 11.9 Å². The van der Waals surface area contributed by atoms with Crippen LogP contribution in [0.3, 0.4) is 0 Å². The minimum atomic E-state index is 0.575. The maximum atomic E-state index is 3.65. The van der Waals surface area contributed by atoms with Gasteiger partial charge >= 0.3 is 0 Å². The number of nitrogens with one attached hydrogen (secondary N) is 1. The zero-order valence-corrected chi connectivity index (χ0v) is 18.0. The number of hydrogen-bond acceptors (Lipinski definition) is 3. The third-order valence-corrected chi connectivity index (χ3v) is 4.47. The maximum absolute atomic E-state index is 3.65. The summed E-state index contributed by atoms with van der Waals surface area (Å²) in [6.07, 6.45) is 11.0. The van der Waals surface area contributed by atoms with Crippen molar-refractivity contribution in [1.82, 2.24) is 9.62 Å². The van der Waals surface area contributed by atoms with Crippen molar-refractivity contribution in [1.29, 1.82) is 0 Å². The predicted molar refractivity (Wildman–Crippen MR) is 115 cm³/mol. The second kappa shape index (κ2) is 17.1. The molecule has 0 spiro atoms. The monoisotopic (exact) mass is 352 g/mol. The second-order valence-corrected chi connectivity index (χ2v) is 6.76. The van der Waals surface area contributed by atoms with Gasteiger partial charge in [-0.2, -0.15) is 0 Å². The third-order valence-electron chi connectivity index (χ3n) is 3.97. The van der Waals surface area contributed by atoms with Gasteiger partial charge in [-0.1, -0.05) is 57.0 Å². The van der Waals surface area contributed by atoms with E-state index in [1.54, 1.807) is 18.0 Å². The Morgan fingerprint density at radius 2 is 1.83 bits per heavy atom. The van der Waals surface area contributed by atoms with E-state index in [2.05, 4.69) is 68.9 Å². The highest BCUT2D eigenvalue weighted by Gasteiger charge is 2.19. The highest BCUT2D eigenvalue weighted by atomic mass is 32.2. The molecule has 0 aromatic carbocycles. The van der Waals surface area contributed by atoms with Crippen LogP contribution >= 0.6 is 11.9 Å². The molecule has 0 aliphatic rings. The highest BCUT2D eigenvalue weighted by molar-refractivity contribution is 7.96. The molecule has 0 saturated heterocycles. The van der Waals surface area contributed by atoms with Crippen molar-refractivity contribution in [2.75, 3.05) is 19.3 Å². The molecule has 2 nitrogen and oxygen atoms in total. The quantitative estimate of drug-likeness (QED) is 0.217. The van der Waals surface area contributed by atoms with Crippen molar-refractivity contribution in [3.8, 4) is 0 Å². The van der Waals surface area contributed by atoms with Gasteiger partial charge in [-0.15, -0.1) is 5.73 Å². The van der Waals surface area contributed by atoms with Gasteiger partial charge in [-0.25, -0.2) is 0 Å². The second-order valence-electron chi connectivity index (χ2n) is 6.06. The van der Waals surface area contributed by atoms with Gasteiger partial charge < -0.3 is 0 Å². The van der Waals surface area contributed by atoms with Gasteiger partial charge in [0.1, 0.15) is 0 Å². The molecule has 0 rings (SSSR count). The number of allylic oxidation sites excluding steroid dienone is 4. The molecule has 140 valence electrons. The lowest BCUT2D eigenvalue weighted by Gasteiger charge is -2.34. The summed E-state index contributed by atoms with van der Waals surface area (Å²) in [5.74, 6) is 0.576. The van der Waals surface area contributed by atoms with Crippen molar-refractivity contribution in [3.05, 3.63) is 42.2 Å². The van der Waals surface area contributed by atoms with Crippen molar-refractivity contribution < 1.29 is 0 Å². The fraction of sp³-hybridized carbons (Fsp3) is 0.667. The largest absolute Gasteiger partial charge is 0.297 e. The van der Waals surface area contributed by atoms with E-state index in [1.807, 2.05) is 26.0 Å². The molecule has 0 amide bonds. The fourth-order valence-corrected chi connectivity index (χ4v) is 2.86. The van der Waals surface area contributed by atoms with E-state index in [-0.39, 0.29) is 0 Å². The molecule has 0 heterocycles. The molecule has 3 heteroatoms. The minimum Gasteiger partial charge on any atom is -0.297 e. The van der Waals surface area contributed by atoms with E-state index in [9.17, 15) is 0 Å². The van der Waals surface area contributed by atoms with Gasteiger partial charge in [0.15, 0.2) is 0 Å². The molecule has 0 fully saturated rings. The number of rotatable bonds is 11. The fourth-order valence-electron chi connectivity index (χ4n) is 2.56.